The van der Waals surface area contributed by atoms with E-state index in [1.807, 2.05) is 20.8 Å². The van der Waals surface area contributed by atoms with Crippen molar-refractivity contribution in [2.24, 2.45) is 0 Å². The van der Waals surface area contributed by atoms with Crippen LogP contribution in [-0.4, -0.2) is 18.6 Å². The Hall–Kier alpha value is 0.210. The van der Waals surface area contributed by atoms with E-state index in [1.165, 1.54) is 7.11 Å². The SMILES string of the molecule is CCC(C)(CC)OOP(=O)(CP=O)OC. The van der Waals surface area contributed by atoms with Crippen molar-refractivity contribution in [3.8, 4) is 0 Å². The number of hydrogen-bond donors (Lipinski definition) is 0. The molecule has 0 spiro atoms. The van der Waals surface area contributed by atoms with E-state index in [2.05, 4.69) is 4.52 Å². The Bertz CT molecular complexity index is 239. The lowest BCUT2D eigenvalue weighted by molar-refractivity contribution is -0.293. The third-order valence-electron chi connectivity index (χ3n) is 2.36. The Morgan fingerprint density at radius 2 is 1.87 bits per heavy atom. The first-order valence-corrected chi connectivity index (χ1v) is 7.49. The molecule has 0 aromatic rings. The summed E-state index contributed by atoms with van der Waals surface area (Å²) < 4.78 is 31.5. The molecule has 0 amide bonds. The summed E-state index contributed by atoms with van der Waals surface area (Å²) in [4.78, 5) is 5.11. The van der Waals surface area contributed by atoms with Gasteiger partial charge in [0, 0.05) is 7.11 Å². The topological polar surface area (TPSA) is 61.8 Å². The maximum Gasteiger partial charge on any atom is 0.369 e. The van der Waals surface area contributed by atoms with Crippen molar-refractivity contribution < 1.29 is 23.2 Å². The van der Waals surface area contributed by atoms with Crippen LogP contribution in [0.15, 0.2) is 0 Å². The summed E-state index contributed by atoms with van der Waals surface area (Å²) in [5.74, 6) is -0.201. The molecule has 0 saturated heterocycles. The molecule has 0 heterocycles. The molecule has 0 aliphatic rings. The Kier molecular flexibility index (Phi) is 6.81. The lowest BCUT2D eigenvalue weighted by Gasteiger charge is -2.26. The highest BCUT2D eigenvalue weighted by Gasteiger charge is 2.30. The summed E-state index contributed by atoms with van der Waals surface area (Å²) in [6, 6.07) is 0. The van der Waals surface area contributed by atoms with Crippen LogP contribution in [0.1, 0.15) is 33.6 Å². The van der Waals surface area contributed by atoms with E-state index in [9.17, 15) is 9.13 Å². The smallest absolute Gasteiger partial charge is 0.310 e. The maximum absolute atomic E-state index is 11.7. The molecule has 0 radical (unpaired) electrons. The number of hydrogen-bond acceptors (Lipinski definition) is 5. The highest BCUT2D eigenvalue weighted by Crippen LogP contribution is 2.51. The number of rotatable bonds is 8. The van der Waals surface area contributed by atoms with Crippen LogP contribution in [0.5, 0.6) is 0 Å². The third kappa shape index (κ3) is 5.19. The standard InChI is InChI=1S/C8H18O5P2/c1-5-8(3,6-2)12-13-15(10,11-4)7-14-9/h5-7H2,1-4H3. The van der Waals surface area contributed by atoms with Crippen LogP contribution in [0.25, 0.3) is 0 Å². The summed E-state index contributed by atoms with van der Waals surface area (Å²) in [5.41, 5.74) is -0.492. The van der Waals surface area contributed by atoms with Gasteiger partial charge in [-0.15, -0.1) is 4.67 Å². The summed E-state index contributed by atoms with van der Waals surface area (Å²) in [6.45, 7) is 5.73. The van der Waals surface area contributed by atoms with E-state index in [0.29, 0.717) is 0 Å². The normalized spacial score (nSPS) is 16.5. The van der Waals surface area contributed by atoms with Gasteiger partial charge in [-0.3, -0.25) is 9.13 Å². The quantitative estimate of drug-likeness (QED) is 0.377. The molecule has 15 heavy (non-hydrogen) atoms. The molecule has 0 fully saturated rings. The lowest BCUT2D eigenvalue weighted by atomic mass is 10.0. The van der Waals surface area contributed by atoms with Gasteiger partial charge in [0.2, 0.25) is 0 Å². The maximum atomic E-state index is 11.7. The summed E-state index contributed by atoms with van der Waals surface area (Å²) in [7, 11) is -2.42. The molecule has 5 nitrogen and oxygen atoms in total. The van der Waals surface area contributed by atoms with Crippen LogP contribution in [0.4, 0.5) is 0 Å². The van der Waals surface area contributed by atoms with Crippen LogP contribution >= 0.6 is 16.1 Å². The van der Waals surface area contributed by atoms with Gasteiger partial charge in [-0.05, 0) is 19.8 Å². The van der Waals surface area contributed by atoms with E-state index in [1.54, 1.807) is 0 Å². The molecule has 1 unspecified atom stereocenters. The van der Waals surface area contributed by atoms with Crippen molar-refractivity contribution in [2.75, 3.05) is 13.0 Å². The average Bonchev–Trinajstić information content (AvgIpc) is 2.26. The lowest BCUT2D eigenvalue weighted by Crippen LogP contribution is -2.26. The second kappa shape index (κ2) is 6.72. The molecule has 1 atom stereocenters. The van der Waals surface area contributed by atoms with Gasteiger partial charge in [-0.2, -0.15) is 0 Å². The molecular weight excluding hydrogens is 238 g/mol. The third-order valence-corrected chi connectivity index (χ3v) is 5.06. The van der Waals surface area contributed by atoms with Gasteiger partial charge in [0.25, 0.3) is 0 Å². The minimum Gasteiger partial charge on any atom is -0.310 e. The van der Waals surface area contributed by atoms with Crippen molar-refractivity contribution in [2.45, 2.75) is 39.2 Å². The van der Waals surface area contributed by atoms with Gasteiger partial charge in [0.15, 0.2) is 8.46 Å². The van der Waals surface area contributed by atoms with Gasteiger partial charge in [-0.25, -0.2) is 4.89 Å². The highest BCUT2D eigenvalue weighted by molar-refractivity contribution is 7.62. The molecule has 7 heteroatoms. The average molecular weight is 256 g/mol. The van der Waals surface area contributed by atoms with Gasteiger partial charge >= 0.3 is 7.60 Å². The fourth-order valence-corrected chi connectivity index (χ4v) is 2.27. The molecule has 0 aliphatic heterocycles. The van der Waals surface area contributed by atoms with Gasteiger partial charge in [-0.1, -0.05) is 13.8 Å². The molecule has 0 aliphatic carbocycles. The summed E-state index contributed by atoms with van der Waals surface area (Å²) >= 11 is 0. The Morgan fingerprint density at radius 1 is 1.33 bits per heavy atom. The van der Waals surface area contributed by atoms with Crippen LogP contribution in [0, 0.1) is 0 Å². The van der Waals surface area contributed by atoms with Crippen molar-refractivity contribution in [3.63, 3.8) is 0 Å². The van der Waals surface area contributed by atoms with Crippen LogP contribution in [-0.2, 0) is 23.2 Å². The van der Waals surface area contributed by atoms with E-state index in [4.69, 9.17) is 9.56 Å². The monoisotopic (exact) mass is 256 g/mol. The highest BCUT2D eigenvalue weighted by atomic mass is 31.2. The molecule has 90 valence electrons. The largest absolute Gasteiger partial charge is 0.369 e. The van der Waals surface area contributed by atoms with E-state index < -0.39 is 13.2 Å². The second-order valence-corrected chi connectivity index (χ2v) is 6.50. The zero-order chi connectivity index (χ0) is 11.9. The molecule has 0 saturated carbocycles. The Morgan fingerprint density at radius 3 is 2.20 bits per heavy atom. The van der Waals surface area contributed by atoms with Crippen LogP contribution < -0.4 is 0 Å². The van der Waals surface area contributed by atoms with Gasteiger partial charge in [0.05, 0.1) is 0 Å². The molecule has 0 rings (SSSR count). The van der Waals surface area contributed by atoms with Gasteiger partial charge < -0.3 is 4.52 Å². The first kappa shape index (κ1) is 15.2. The minimum absolute atomic E-state index is 0.201. The first-order chi connectivity index (χ1) is 6.95. The predicted octanol–water partition coefficient (Wildman–Crippen LogP) is 3.60. The molecule has 0 N–H and O–H groups in total. The van der Waals surface area contributed by atoms with E-state index in [0.717, 1.165) is 12.8 Å². The molecule has 0 aromatic carbocycles. The van der Waals surface area contributed by atoms with Crippen molar-refractivity contribution >= 4 is 16.1 Å². The predicted molar refractivity (Wildman–Crippen MR) is 58.2 cm³/mol. The van der Waals surface area contributed by atoms with Crippen LogP contribution in [0.3, 0.4) is 0 Å². The second-order valence-electron chi connectivity index (χ2n) is 3.38. The van der Waals surface area contributed by atoms with Gasteiger partial charge in [0.1, 0.15) is 11.5 Å². The Balaban J connectivity index is 4.33. The Labute approximate surface area is 92.1 Å². The van der Waals surface area contributed by atoms with E-state index >= 15 is 0 Å². The molecule has 0 bridgehead atoms. The summed E-state index contributed by atoms with van der Waals surface area (Å²) in [6.07, 6.45) is 1.45. The molecular formula is C8H18O5P2. The fraction of sp³-hybridized carbons (Fsp3) is 1.00. The summed E-state index contributed by atoms with van der Waals surface area (Å²) in [5, 5.41) is 0. The molecule has 0 aromatic heterocycles. The minimum atomic E-state index is -3.37. The fourth-order valence-electron chi connectivity index (χ4n) is 0.697. The van der Waals surface area contributed by atoms with Crippen molar-refractivity contribution in [1.82, 2.24) is 0 Å². The van der Waals surface area contributed by atoms with E-state index in [-0.39, 0.29) is 14.4 Å². The first-order valence-electron chi connectivity index (χ1n) is 4.76. The van der Waals surface area contributed by atoms with Crippen molar-refractivity contribution in [3.05, 3.63) is 0 Å². The zero-order valence-electron chi connectivity index (χ0n) is 9.56. The van der Waals surface area contributed by atoms with Crippen LogP contribution in [0.2, 0.25) is 0 Å². The zero-order valence-corrected chi connectivity index (χ0v) is 11.3. The van der Waals surface area contributed by atoms with Crippen molar-refractivity contribution in [1.29, 1.82) is 0 Å².